The second-order valence-corrected chi connectivity index (χ2v) is 9.09. The Hall–Kier alpha value is -3.39. The van der Waals surface area contributed by atoms with Gasteiger partial charge < -0.3 is 9.47 Å². The summed E-state index contributed by atoms with van der Waals surface area (Å²) in [5.74, 6) is 0.286. The van der Waals surface area contributed by atoms with Crippen LogP contribution in [0.25, 0.3) is 11.2 Å². The second-order valence-electron chi connectivity index (χ2n) is 8.68. The van der Waals surface area contributed by atoms with Gasteiger partial charge in [0.15, 0.2) is 11.2 Å². The molecule has 0 radical (unpaired) electrons. The summed E-state index contributed by atoms with van der Waals surface area (Å²) in [6, 6.07) is 12.4. The molecule has 0 fully saturated rings. The zero-order valence-electron chi connectivity index (χ0n) is 18.5. The zero-order chi connectivity index (χ0) is 23.4. The van der Waals surface area contributed by atoms with E-state index in [9.17, 15) is 14.0 Å². The van der Waals surface area contributed by atoms with Crippen molar-refractivity contribution in [2.75, 3.05) is 11.4 Å². The van der Waals surface area contributed by atoms with Gasteiger partial charge in [-0.2, -0.15) is 4.98 Å². The Kier molecular flexibility index (Phi) is 5.12. The van der Waals surface area contributed by atoms with Crippen molar-refractivity contribution < 1.29 is 4.39 Å². The first-order valence-electron chi connectivity index (χ1n) is 10.7. The predicted octanol–water partition coefficient (Wildman–Crippen LogP) is 3.83. The predicted molar refractivity (Wildman–Crippen MR) is 127 cm³/mol. The molecular formula is C24H23ClFN5O2. The first kappa shape index (κ1) is 21.5. The number of aromatic nitrogens is 4. The molecule has 5 rings (SSSR count). The molecule has 2 aromatic carbocycles. The largest absolute Gasteiger partial charge is 0.332 e. The van der Waals surface area contributed by atoms with Crippen LogP contribution in [0.2, 0.25) is 5.02 Å². The van der Waals surface area contributed by atoms with Gasteiger partial charge in [0.1, 0.15) is 5.82 Å². The summed E-state index contributed by atoms with van der Waals surface area (Å²) in [5.41, 5.74) is 1.76. The van der Waals surface area contributed by atoms with Gasteiger partial charge in [0, 0.05) is 36.4 Å². The van der Waals surface area contributed by atoms with E-state index in [2.05, 4.69) is 11.8 Å². The normalized spacial score (nSPS) is 15.8. The van der Waals surface area contributed by atoms with E-state index in [0.29, 0.717) is 23.7 Å². The van der Waals surface area contributed by atoms with E-state index in [1.807, 2.05) is 35.8 Å². The molecule has 1 atom stereocenters. The highest BCUT2D eigenvalue weighted by molar-refractivity contribution is 6.31. The van der Waals surface area contributed by atoms with E-state index in [0.717, 1.165) is 22.4 Å². The summed E-state index contributed by atoms with van der Waals surface area (Å²) in [5, 5.41) is 0.165. The highest BCUT2D eigenvalue weighted by Gasteiger charge is 2.30. The fourth-order valence-corrected chi connectivity index (χ4v) is 4.65. The summed E-state index contributed by atoms with van der Waals surface area (Å²) in [6.07, 6.45) is 0. The van der Waals surface area contributed by atoms with E-state index in [4.69, 9.17) is 16.6 Å². The third-order valence-electron chi connectivity index (χ3n) is 6.17. The molecule has 170 valence electrons. The average Bonchev–Trinajstić information content (AvgIpc) is 3.16. The number of benzene rings is 2. The number of rotatable bonds is 3. The minimum Gasteiger partial charge on any atom is -0.312 e. The van der Waals surface area contributed by atoms with Crippen molar-refractivity contribution in [3.05, 3.63) is 85.3 Å². The number of nitrogens with zero attached hydrogens (tertiary/aromatic N) is 5. The van der Waals surface area contributed by atoms with E-state index < -0.39 is 17.1 Å². The van der Waals surface area contributed by atoms with Crippen LogP contribution in [0.5, 0.6) is 0 Å². The maximum absolute atomic E-state index is 14.4. The van der Waals surface area contributed by atoms with Gasteiger partial charge >= 0.3 is 5.69 Å². The van der Waals surface area contributed by atoms with Crippen LogP contribution in [0.3, 0.4) is 0 Å². The summed E-state index contributed by atoms with van der Waals surface area (Å²) in [7, 11) is 1.57. The summed E-state index contributed by atoms with van der Waals surface area (Å²) in [4.78, 5) is 33.4. The number of hydrogen-bond donors (Lipinski definition) is 0. The number of imidazole rings is 1. The molecule has 0 N–H and O–H groups in total. The zero-order valence-corrected chi connectivity index (χ0v) is 19.3. The molecule has 33 heavy (non-hydrogen) atoms. The second kappa shape index (κ2) is 7.88. The lowest BCUT2D eigenvalue weighted by molar-refractivity contribution is 0.458. The number of hydrogen-bond acceptors (Lipinski definition) is 4. The standard InChI is InChI=1S/C24H23ClFN5O2/c1-14-7-9-16(10-8-14)29-11-15(2)12-30-20-21(27-23(29)30)28(3)24(33)31(22(20)32)13-17-18(25)5-4-6-19(17)26/h4-10,15H,11-13H2,1-3H3/t15-/m0/s1. The minimum absolute atomic E-state index is 0.103. The SMILES string of the molecule is Cc1ccc(N2C[C@H](C)Cn3c2nc2c3c(=O)n(Cc3c(F)cccc3Cl)c(=O)n2C)cc1. The molecule has 0 unspecified atom stereocenters. The van der Waals surface area contributed by atoms with Gasteiger partial charge in [-0.05, 0) is 37.1 Å². The fourth-order valence-electron chi connectivity index (χ4n) is 4.43. The molecule has 0 amide bonds. The van der Waals surface area contributed by atoms with Crippen LogP contribution >= 0.6 is 11.6 Å². The molecule has 2 aromatic heterocycles. The van der Waals surface area contributed by atoms with Crippen molar-refractivity contribution in [2.24, 2.45) is 13.0 Å². The minimum atomic E-state index is -0.572. The van der Waals surface area contributed by atoms with Crippen LogP contribution in [-0.4, -0.2) is 25.2 Å². The van der Waals surface area contributed by atoms with Crippen LogP contribution in [0.4, 0.5) is 16.0 Å². The molecule has 1 aliphatic rings. The Labute approximate surface area is 194 Å². The number of aryl methyl sites for hydroxylation is 2. The molecule has 0 saturated heterocycles. The molecule has 0 spiro atoms. The smallest absolute Gasteiger partial charge is 0.312 e. The summed E-state index contributed by atoms with van der Waals surface area (Å²) in [6.45, 7) is 5.19. The fraction of sp³-hybridized carbons (Fsp3) is 0.292. The van der Waals surface area contributed by atoms with Crippen molar-refractivity contribution in [1.82, 2.24) is 18.7 Å². The summed E-state index contributed by atoms with van der Waals surface area (Å²) >= 11 is 6.17. The van der Waals surface area contributed by atoms with Gasteiger partial charge in [-0.1, -0.05) is 42.3 Å². The molecule has 4 aromatic rings. The van der Waals surface area contributed by atoms with Crippen LogP contribution in [0.15, 0.2) is 52.1 Å². The third-order valence-corrected chi connectivity index (χ3v) is 6.52. The first-order chi connectivity index (χ1) is 15.8. The first-order valence-corrected chi connectivity index (χ1v) is 11.1. The number of halogens is 2. The van der Waals surface area contributed by atoms with Gasteiger partial charge in [0.05, 0.1) is 6.54 Å². The maximum atomic E-state index is 14.4. The highest BCUT2D eigenvalue weighted by Crippen LogP contribution is 2.33. The van der Waals surface area contributed by atoms with Crippen molar-refractivity contribution in [1.29, 1.82) is 0 Å². The van der Waals surface area contributed by atoms with Gasteiger partial charge in [0.25, 0.3) is 5.56 Å². The van der Waals surface area contributed by atoms with Gasteiger partial charge in [0.2, 0.25) is 5.95 Å². The van der Waals surface area contributed by atoms with E-state index in [1.54, 1.807) is 7.05 Å². The lowest BCUT2D eigenvalue weighted by Gasteiger charge is -2.33. The molecule has 9 heteroatoms. The Bertz CT molecular complexity index is 1480. The van der Waals surface area contributed by atoms with Crippen molar-refractivity contribution in [3.8, 4) is 0 Å². The van der Waals surface area contributed by atoms with Crippen LogP contribution < -0.4 is 16.1 Å². The van der Waals surface area contributed by atoms with Gasteiger partial charge in [-0.3, -0.25) is 13.9 Å². The van der Waals surface area contributed by atoms with Gasteiger partial charge in [-0.15, -0.1) is 0 Å². The number of fused-ring (bicyclic) bond motifs is 3. The molecule has 3 heterocycles. The van der Waals surface area contributed by atoms with Crippen molar-refractivity contribution in [2.45, 2.75) is 26.9 Å². The lowest BCUT2D eigenvalue weighted by atomic mass is 10.1. The number of anilines is 2. The molecule has 0 saturated carbocycles. The third kappa shape index (κ3) is 3.45. The maximum Gasteiger partial charge on any atom is 0.332 e. The Balaban J connectivity index is 1.73. The lowest BCUT2D eigenvalue weighted by Crippen LogP contribution is -2.40. The van der Waals surface area contributed by atoms with Crippen LogP contribution in [-0.2, 0) is 20.1 Å². The molecule has 1 aliphatic heterocycles. The topological polar surface area (TPSA) is 65.1 Å². The van der Waals surface area contributed by atoms with E-state index in [1.165, 1.54) is 22.8 Å². The van der Waals surface area contributed by atoms with E-state index >= 15 is 0 Å². The van der Waals surface area contributed by atoms with Crippen LogP contribution in [0, 0.1) is 18.7 Å². The molecular weight excluding hydrogens is 445 g/mol. The van der Waals surface area contributed by atoms with Crippen LogP contribution in [0.1, 0.15) is 18.1 Å². The quantitative estimate of drug-likeness (QED) is 0.459. The van der Waals surface area contributed by atoms with E-state index in [-0.39, 0.29) is 23.0 Å². The molecule has 0 aliphatic carbocycles. The Morgan fingerprint density at radius 1 is 1.12 bits per heavy atom. The molecule has 7 nitrogen and oxygen atoms in total. The van der Waals surface area contributed by atoms with Crippen molar-refractivity contribution in [3.63, 3.8) is 0 Å². The van der Waals surface area contributed by atoms with Crippen molar-refractivity contribution >= 4 is 34.4 Å². The Morgan fingerprint density at radius 2 is 1.85 bits per heavy atom. The highest BCUT2D eigenvalue weighted by atomic mass is 35.5. The monoisotopic (exact) mass is 467 g/mol. The Morgan fingerprint density at radius 3 is 2.55 bits per heavy atom. The van der Waals surface area contributed by atoms with Gasteiger partial charge in [-0.25, -0.2) is 9.18 Å². The average molecular weight is 468 g/mol. The molecule has 0 bridgehead atoms. The summed E-state index contributed by atoms with van der Waals surface area (Å²) < 4.78 is 18.6.